The second-order valence-corrected chi connectivity index (χ2v) is 3.23. The predicted octanol–water partition coefficient (Wildman–Crippen LogP) is 0.951. The standard InChI is InChI=1S/C9H11N3O/c1-12-9(6-10-11-12)7-3-2-4-8(13)5-7/h5-6H,2-4H2,1H3. The molecule has 0 aromatic carbocycles. The lowest BCUT2D eigenvalue weighted by Gasteiger charge is -2.10. The van der Waals surface area contributed by atoms with E-state index >= 15 is 0 Å². The number of allylic oxidation sites excluding steroid dienone is 2. The van der Waals surface area contributed by atoms with E-state index in [2.05, 4.69) is 10.3 Å². The van der Waals surface area contributed by atoms with E-state index in [1.54, 1.807) is 17.0 Å². The number of hydrogen-bond donors (Lipinski definition) is 0. The zero-order chi connectivity index (χ0) is 9.26. The third-order valence-electron chi connectivity index (χ3n) is 2.25. The Labute approximate surface area is 76.2 Å². The monoisotopic (exact) mass is 177 g/mol. The molecule has 4 heteroatoms. The molecule has 2 rings (SSSR count). The summed E-state index contributed by atoms with van der Waals surface area (Å²) in [4.78, 5) is 11.2. The van der Waals surface area contributed by atoms with Gasteiger partial charge < -0.3 is 0 Å². The van der Waals surface area contributed by atoms with Gasteiger partial charge in [0.1, 0.15) is 0 Å². The minimum Gasteiger partial charge on any atom is -0.295 e. The minimum atomic E-state index is 0.211. The Balaban J connectivity index is 2.36. The summed E-state index contributed by atoms with van der Waals surface area (Å²) >= 11 is 0. The Bertz CT molecular complexity index is 365. The Hall–Kier alpha value is -1.45. The summed E-state index contributed by atoms with van der Waals surface area (Å²) in [6.07, 6.45) is 5.98. The third-order valence-corrected chi connectivity index (χ3v) is 2.25. The molecule has 1 aliphatic carbocycles. The highest BCUT2D eigenvalue weighted by Crippen LogP contribution is 2.23. The number of hydrogen-bond acceptors (Lipinski definition) is 3. The molecule has 0 atom stereocenters. The molecule has 0 aliphatic heterocycles. The highest BCUT2D eigenvalue weighted by molar-refractivity contribution is 5.97. The van der Waals surface area contributed by atoms with Crippen LogP contribution in [0, 0.1) is 0 Å². The Morgan fingerprint density at radius 1 is 1.46 bits per heavy atom. The fourth-order valence-corrected chi connectivity index (χ4v) is 1.57. The molecule has 1 aromatic heterocycles. The summed E-state index contributed by atoms with van der Waals surface area (Å²) in [6.45, 7) is 0. The van der Waals surface area contributed by atoms with Gasteiger partial charge >= 0.3 is 0 Å². The lowest BCUT2D eigenvalue weighted by Crippen LogP contribution is -2.05. The van der Waals surface area contributed by atoms with Crippen molar-refractivity contribution in [2.24, 2.45) is 7.05 Å². The van der Waals surface area contributed by atoms with Crippen LogP contribution >= 0.6 is 0 Å². The molecule has 0 spiro atoms. The van der Waals surface area contributed by atoms with E-state index in [4.69, 9.17) is 0 Å². The van der Waals surface area contributed by atoms with Gasteiger partial charge in [-0.25, -0.2) is 4.68 Å². The Morgan fingerprint density at radius 2 is 2.31 bits per heavy atom. The third kappa shape index (κ3) is 1.52. The lowest BCUT2D eigenvalue weighted by molar-refractivity contribution is -0.114. The van der Waals surface area contributed by atoms with E-state index in [-0.39, 0.29) is 5.78 Å². The van der Waals surface area contributed by atoms with Gasteiger partial charge in [-0.3, -0.25) is 4.79 Å². The number of ketones is 1. The molecule has 68 valence electrons. The van der Waals surface area contributed by atoms with Crippen molar-refractivity contribution >= 4 is 11.4 Å². The van der Waals surface area contributed by atoms with E-state index in [0.717, 1.165) is 24.1 Å². The fourth-order valence-electron chi connectivity index (χ4n) is 1.57. The molecule has 0 N–H and O–H groups in total. The average Bonchev–Trinajstić information content (AvgIpc) is 2.51. The van der Waals surface area contributed by atoms with Crippen LogP contribution in [-0.2, 0) is 11.8 Å². The van der Waals surface area contributed by atoms with Crippen LogP contribution in [0.2, 0.25) is 0 Å². The second kappa shape index (κ2) is 3.12. The number of carbonyl (C=O) groups is 1. The van der Waals surface area contributed by atoms with Crippen LogP contribution < -0.4 is 0 Å². The maximum absolute atomic E-state index is 11.2. The van der Waals surface area contributed by atoms with E-state index < -0.39 is 0 Å². The van der Waals surface area contributed by atoms with Crippen LogP contribution in [0.5, 0.6) is 0 Å². The Kier molecular flexibility index (Phi) is 1.96. The molecule has 1 aromatic rings. The first kappa shape index (κ1) is 8.16. The molecule has 0 saturated heterocycles. The van der Waals surface area contributed by atoms with Gasteiger partial charge in [0.05, 0.1) is 11.9 Å². The SMILES string of the molecule is Cn1nncc1C1=CC(=O)CCC1. The number of aryl methyl sites for hydroxylation is 1. The van der Waals surface area contributed by atoms with Crippen molar-refractivity contribution in [2.75, 3.05) is 0 Å². The first-order valence-electron chi connectivity index (χ1n) is 4.36. The molecule has 4 nitrogen and oxygen atoms in total. The van der Waals surface area contributed by atoms with Crippen LogP contribution in [0.3, 0.4) is 0 Å². The first-order chi connectivity index (χ1) is 6.27. The van der Waals surface area contributed by atoms with Crippen molar-refractivity contribution in [2.45, 2.75) is 19.3 Å². The molecule has 13 heavy (non-hydrogen) atoms. The maximum atomic E-state index is 11.2. The molecule has 0 fully saturated rings. The molecular formula is C9H11N3O. The average molecular weight is 177 g/mol. The van der Waals surface area contributed by atoms with E-state index in [9.17, 15) is 4.79 Å². The molecule has 1 heterocycles. The van der Waals surface area contributed by atoms with Crippen LogP contribution in [-0.4, -0.2) is 20.8 Å². The second-order valence-electron chi connectivity index (χ2n) is 3.23. The van der Waals surface area contributed by atoms with Gasteiger partial charge in [-0.2, -0.15) is 0 Å². The molecule has 0 unspecified atom stereocenters. The van der Waals surface area contributed by atoms with Crippen molar-refractivity contribution in [1.82, 2.24) is 15.0 Å². The molecule has 0 bridgehead atoms. The normalized spacial score (nSPS) is 17.3. The number of carbonyl (C=O) groups excluding carboxylic acids is 1. The van der Waals surface area contributed by atoms with Gasteiger partial charge in [0.15, 0.2) is 5.78 Å². The van der Waals surface area contributed by atoms with Crippen molar-refractivity contribution in [3.63, 3.8) is 0 Å². The topological polar surface area (TPSA) is 47.8 Å². The van der Waals surface area contributed by atoms with E-state index in [1.165, 1.54) is 0 Å². The van der Waals surface area contributed by atoms with Crippen LogP contribution in [0.4, 0.5) is 0 Å². The molecule has 0 amide bonds. The molecule has 0 radical (unpaired) electrons. The van der Waals surface area contributed by atoms with Crippen molar-refractivity contribution in [3.05, 3.63) is 18.0 Å². The number of aromatic nitrogens is 3. The van der Waals surface area contributed by atoms with Crippen LogP contribution in [0.25, 0.3) is 5.57 Å². The van der Waals surface area contributed by atoms with Crippen molar-refractivity contribution < 1.29 is 4.79 Å². The summed E-state index contributed by atoms with van der Waals surface area (Å²) in [5.74, 6) is 0.211. The predicted molar refractivity (Wildman–Crippen MR) is 47.8 cm³/mol. The number of rotatable bonds is 1. The van der Waals surface area contributed by atoms with Crippen LogP contribution in [0.15, 0.2) is 12.3 Å². The van der Waals surface area contributed by atoms with Gasteiger partial charge in [-0.05, 0) is 24.5 Å². The van der Waals surface area contributed by atoms with E-state index in [0.29, 0.717) is 6.42 Å². The summed E-state index contributed by atoms with van der Waals surface area (Å²) < 4.78 is 1.70. The smallest absolute Gasteiger partial charge is 0.156 e. The summed E-state index contributed by atoms with van der Waals surface area (Å²) in [7, 11) is 1.84. The molecule has 1 aliphatic rings. The number of nitrogens with zero attached hydrogens (tertiary/aromatic N) is 3. The highest BCUT2D eigenvalue weighted by atomic mass is 16.1. The largest absolute Gasteiger partial charge is 0.295 e. The van der Waals surface area contributed by atoms with Crippen molar-refractivity contribution in [1.29, 1.82) is 0 Å². The first-order valence-corrected chi connectivity index (χ1v) is 4.36. The zero-order valence-corrected chi connectivity index (χ0v) is 7.53. The maximum Gasteiger partial charge on any atom is 0.156 e. The van der Waals surface area contributed by atoms with Gasteiger partial charge in [0.2, 0.25) is 0 Å². The molecule has 0 saturated carbocycles. The lowest BCUT2D eigenvalue weighted by atomic mass is 9.97. The Morgan fingerprint density at radius 3 is 2.92 bits per heavy atom. The minimum absolute atomic E-state index is 0.211. The van der Waals surface area contributed by atoms with Crippen LogP contribution in [0.1, 0.15) is 25.0 Å². The van der Waals surface area contributed by atoms with Gasteiger partial charge in [0, 0.05) is 13.5 Å². The molecular weight excluding hydrogens is 166 g/mol. The van der Waals surface area contributed by atoms with Crippen molar-refractivity contribution in [3.8, 4) is 0 Å². The highest BCUT2D eigenvalue weighted by Gasteiger charge is 2.13. The quantitative estimate of drug-likeness (QED) is 0.641. The zero-order valence-electron chi connectivity index (χ0n) is 7.53. The summed E-state index contributed by atoms with van der Waals surface area (Å²) in [5, 5.41) is 7.61. The fraction of sp³-hybridized carbons (Fsp3) is 0.444. The summed E-state index contributed by atoms with van der Waals surface area (Å²) in [6, 6.07) is 0. The van der Waals surface area contributed by atoms with Gasteiger partial charge in [0.25, 0.3) is 0 Å². The van der Waals surface area contributed by atoms with E-state index in [1.807, 2.05) is 7.05 Å². The van der Waals surface area contributed by atoms with Gasteiger partial charge in [-0.1, -0.05) is 5.21 Å². The summed E-state index contributed by atoms with van der Waals surface area (Å²) in [5.41, 5.74) is 2.01. The van der Waals surface area contributed by atoms with Gasteiger partial charge in [-0.15, -0.1) is 5.10 Å².